The van der Waals surface area contributed by atoms with Crippen LogP contribution in [-0.2, 0) is 9.47 Å². The van der Waals surface area contributed by atoms with Crippen LogP contribution >= 0.6 is 0 Å². The Hall–Kier alpha value is -0.600. The van der Waals surface area contributed by atoms with Crippen molar-refractivity contribution in [1.82, 2.24) is 0 Å². The molecule has 2 nitrogen and oxygen atoms in total. The van der Waals surface area contributed by atoms with Crippen LogP contribution in [0.15, 0.2) is 23.8 Å². The lowest BCUT2D eigenvalue weighted by molar-refractivity contribution is -0.103. The molecule has 0 aromatic heterocycles. The first-order chi connectivity index (χ1) is 8.67. The zero-order valence-corrected chi connectivity index (χ0v) is 12.3. The first-order valence-electron chi connectivity index (χ1n) is 7.29. The van der Waals surface area contributed by atoms with Gasteiger partial charge in [0.05, 0.1) is 0 Å². The summed E-state index contributed by atoms with van der Waals surface area (Å²) in [6.07, 6.45) is 10.3. The molecule has 0 radical (unpaired) electrons. The average molecular weight is 252 g/mol. The molecule has 0 fully saturated rings. The van der Waals surface area contributed by atoms with Gasteiger partial charge in [-0.15, -0.1) is 0 Å². The fraction of sp³-hybridized carbons (Fsp3) is 0.750. The second-order valence-electron chi connectivity index (χ2n) is 5.18. The van der Waals surface area contributed by atoms with Gasteiger partial charge >= 0.3 is 0 Å². The Morgan fingerprint density at radius 2 is 1.94 bits per heavy atom. The average Bonchev–Trinajstić information content (AvgIpc) is 2.37. The summed E-state index contributed by atoms with van der Waals surface area (Å²) < 4.78 is 11.0. The molecule has 1 aliphatic rings. The standard InChI is InChI=1S/C16H28O2/c1-5-17-16(18-6-2)11-10-14-8-7-9-15(12-14)13(3)4/h10-13,15-16H,5-9H2,1-4H3. The zero-order valence-electron chi connectivity index (χ0n) is 12.3. The molecule has 0 saturated heterocycles. The van der Waals surface area contributed by atoms with Crippen molar-refractivity contribution in [3.05, 3.63) is 23.8 Å². The normalized spacial score (nSPS) is 21.0. The van der Waals surface area contributed by atoms with Gasteiger partial charge in [0, 0.05) is 13.2 Å². The van der Waals surface area contributed by atoms with Crippen molar-refractivity contribution >= 4 is 0 Å². The topological polar surface area (TPSA) is 18.5 Å². The maximum atomic E-state index is 5.51. The van der Waals surface area contributed by atoms with Crippen molar-refractivity contribution in [3.8, 4) is 0 Å². The Bertz CT molecular complexity index is 273. The molecule has 104 valence electrons. The number of ether oxygens (including phenoxy) is 2. The van der Waals surface area contributed by atoms with Gasteiger partial charge in [-0.1, -0.05) is 31.6 Å². The van der Waals surface area contributed by atoms with Crippen LogP contribution < -0.4 is 0 Å². The molecular weight excluding hydrogens is 224 g/mol. The predicted molar refractivity (Wildman–Crippen MR) is 76.4 cm³/mol. The van der Waals surface area contributed by atoms with Gasteiger partial charge in [0.1, 0.15) is 0 Å². The summed E-state index contributed by atoms with van der Waals surface area (Å²) in [5.74, 6) is 1.47. The van der Waals surface area contributed by atoms with Crippen molar-refractivity contribution in [2.24, 2.45) is 11.8 Å². The quantitative estimate of drug-likeness (QED) is 0.628. The smallest absolute Gasteiger partial charge is 0.177 e. The number of allylic oxidation sites excluding steroid dienone is 3. The van der Waals surface area contributed by atoms with Crippen LogP contribution in [0, 0.1) is 11.8 Å². The summed E-state index contributed by atoms with van der Waals surface area (Å²) in [5.41, 5.74) is 1.43. The lowest BCUT2D eigenvalue weighted by Crippen LogP contribution is -2.14. The molecule has 0 saturated carbocycles. The van der Waals surface area contributed by atoms with E-state index in [0.29, 0.717) is 13.2 Å². The highest BCUT2D eigenvalue weighted by Gasteiger charge is 2.15. The first kappa shape index (κ1) is 15.5. The third-order valence-corrected chi connectivity index (χ3v) is 3.42. The number of rotatable bonds is 7. The number of hydrogen-bond donors (Lipinski definition) is 0. The Balaban J connectivity index is 2.57. The molecule has 2 heteroatoms. The molecule has 0 aliphatic heterocycles. The predicted octanol–water partition coefficient (Wildman–Crippen LogP) is 4.32. The lowest BCUT2D eigenvalue weighted by Gasteiger charge is -2.23. The molecule has 1 rings (SSSR count). The second kappa shape index (κ2) is 8.49. The van der Waals surface area contributed by atoms with Crippen molar-refractivity contribution < 1.29 is 9.47 Å². The summed E-state index contributed by atoms with van der Waals surface area (Å²) in [6, 6.07) is 0. The van der Waals surface area contributed by atoms with E-state index in [-0.39, 0.29) is 6.29 Å². The molecule has 1 unspecified atom stereocenters. The zero-order chi connectivity index (χ0) is 13.4. The summed E-state index contributed by atoms with van der Waals surface area (Å²) in [4.78, 5) is 0. The minimum absolute atomic E-state index is 0.194. The van der Waals surface area contributed by atoms with Crippen LogP contribution in [0.5, 0.6) is 0 Å². The van der Waals surface area contributed by atoms with Gasteiger partial charge in [-0.3, -0.25) is 0 Å². The molecule has 0 amide bonds. The van der Waals surface area contributed by atoms with Crippen molar-refractivity contribution in [2.45, 2.75) is 53.2 Å². The molecular formula is C16H28O2. The minimum atomic E-state index is -0.194. The van der Waals surface area contributed by atoms with Crippen LogP contribution in [-0.4, -0.2) is 19.5 Å². The molecule has 1 aliphatic carbocycles. The highest BCUT2D eigenvalue weighted by molar-refractivity contribution is 5.22. The Labute approximate surface area is 112 Å². The molecule has 0 heterocycles. The van der Waals surface area contributed by atoms with E-state index < -0.39 is 0 Å². The SMILES string of the molecule is CCOC(C=CC1=CC(C(C)C)CCC1)OCC. The van der Waals surface area contributed by atoms with Crippen molar-refractivity contribution in [3.63, 3.8) is 0 Å². The lowest BCUT2D eigenvalue weighted by atomic mass is 9.83. The first-order valence-corrected chi connectivity index (χ1v) is 7.29. The molecule has 0 bridgehead atoms. The maximum Gasteiger partial charge on any atom is 0.177 e. The van der Waals surface area contributed by atoms with Crippen LogP contribution in [0.2, 0.25) is 0 Å². The molecule has 1 atom stereocenters. The highest BCUT2D eigenvalue weighted by atomic mass is 16.7. The number of hydrogen-bond acceptors (Lipinski definition) is 2. The van der Waals surface area contributed by atoms with E-state index >= 15 is 0 Å². The third kappa shape index (κ3) is 5.36. The van der Waals surface area contributed by atoms with E-state index in [0.717, 1.165) is 11.8 Å². The minimum Gasteiger partial charge on any atom is -0.349 e. The van der Waals surface area contributed by atoms with Crippen molar-refractivity contribution in [1.29, 1.82) is 0 Å². The van der Waals surface area contributed by atoms with E-state index in [1.54, 1.807) is 0 Å². The fourth-order valence-corrected chi connectivity index (χ4v) is 2.34. The second-order valence-corrected chi connectivity index (χ2v) is 5.18. The van der Waals surface area contributed by atoms with Crippen LogP contribution in [0.4, 0.5) is 0 Å². The Kier molecular flexibility index (Phi) is 7.29. The summed E-state index contributed by atoms with van der Waals surface area (Å²) in [5, 5.41) is 0. The van der Waals surface area contributed by atoms with E-state index in [9.17, 15) is 0 Å². The third-order valence-electron chi connectivity index (χ3n) is 3.42. The van der Waals surface area contributed by atoms with E-state index in [4.69, 9.17) is 9.47 Å². The largest absolute Gasteiger partial charge is 0.349 e. The molecule has 0 aromatic rings. The van der Waals surface area contributed by atoms with Gasteiger partial charge in [-0.05, 0) is 51.0 Å². The molecule has 18 heavy (non-hydrogen) atoms. The Morgan fingerprint density at radius 1 is 1.28 bits per heavy atom. The molecule has 0 spiro atoms. The fourth-order valence-electron chi connectivity index (χ4n) is 2.34. The van der Waals surface area contributed by atoms with Gasteiger partial charge in [-0.2, -0.15) is 0 Å². The van der Waals surface area contributed by atoms with Gasteiger partial charge in [0.2, 0.25) is 0 Å². The van der Waals surface area contributed by atoms with Crippen LogP contribution in [0.25, 0.3) is 0 Å². The van der Waals surface area contributed by atoms with Crippen molar-refractivity contribution in [2.75, 3.05) is 13.2 Å². The maximum absolute atomic E-state index is 5.51. The highest BCUT2D eigenvalue weighted by Crippen LogP contribution is 2.28. The van der Waals surface area contributed by atoms with Gasteiger partial charge in [0.15, 0.2) is 6.29 Å². The van der Waals surface area contributed by atoms with E-state index in [1.807, 2.05) is 19.9 Å². The van der Waals surface area contributed by atoms with E-state index in [2.05, 4.69) is 26.0 Å². The van der Waals surface area contributed by atoms with Gasteiger partial charge < -0.3 is 9.47 Å². The summed E-state index contributed by atoms with van der Waals surface area (Å²) >= 11 is 0. The van der Waals surface area contributed by atoms with Gasteiger partial charge in [0.25, 0.3) is 0 Å². The van der Waals surface area contributed by atoms with Crippen LogP contribution in [0.1, 0.15) is 47.0 Å². The van der Waals surface area contributed by atoms with Gasteiger partial charge in [-0.25, -0.2) is 0 Å². The Morgan fingerprint density at radius 3 is 2.50 bits per heavy atom. The molecule has 0 N–H and O–H groups in total. The van der Waals surface area contributed by atoms with E-state index in [1.165, 1.54) is 24.8 Å². The van der Waals surface area contributed by atoms with Crippen LogP contribution in [0.3, 0.4) is 0 Å². The monoisotopic (exact) mass is 252 g/mol. The summed E-state index contributed by atoms with van der Waals surface area (Å²) in [6.45, 7) is 9.96. The molecule has 0 aromatic carbocycles. The summed E-state index contributed by atoms with van der Waals surface area (Å²) in [7, 11) is 0.